The summed E-state index contributed by atoms with van der Waals surface area (Å²) in [4.78, 5) is 22.1. The molecule has 4 heteroatoms. The Bertz CT molecular complexity index is 213. The standard InChI is InChI=1S/C10H17NO3/c1-4-6-7-9(11-8(3)12)10(13)14-5-2/h4,9H,1,5-7H2,2-3H3,(H,11,12). The van der Waals surface area contributed by atoms with E-state index in [0.717, 1.165) is 0 Å². The summed E-state index contributed by atoms with van der Waals surface area (Å²) in [5.74, 6) is -0.614. The largest absolute Gasteiger partial charge is 0.464 e. The van der Waals surface area contributed by atoms with Crippen LogP contribution in [0.3, 0.4) is 0 Å². The molecule has 0 aromatic carbocycles. The highest BCUT2D eigenvalue weighted by Crippen LogP contribution is 2.00. The summed E-state index contributed by atoms with van der Waals surface area (Å²) in [7, 11) is 0. The Hall–Kier alpha value is -1.32. The predicted octanol–water partition coefficient (Wildman–Crippen LogP) is 1.02. The van der Waals surface area contributed by atoms with Gasteiger partial charge in [-0.2, -0.15) is 0 Å². The molecule has 1 atom stereocenters. The Morgan fingerprint density at radius 1 is 1.57 bits per heavy atom. The van der Waals surface area contributed by atoms with Gasteiger partial charge in [0.1, 0.15) is 6.04 Å². The lowest BCUT2D eigenvalue weighted by Crippen LogP contribution is -2.40. The van der Waals surface area contributed by atoms with Gasteiger partial charge in [-0.25, -0.2) is 4.79 Å². The molecule has 0 rings (SSSR count). The lowest BCUT2D eigenvalue weighted by atomic mass is 10.1. The first-order valence-electron chi connectivity index (χ1n) is 4.66. The van der Waals surface area contributed by atoms with Crippen molar-refractivity contribution in [3.8, 4) is 0 Å². The van der Waals surface area contributed by atoms with Crippen LogP contribution >= 0.6 is 0 Å². The molecule has 0 bridgehead atoms. The minimum atomic E-state index is -0.551. The van der Waals surface area contributed by atoms with Gasteiger partial charge in [0, 0.05) is 6.92 Å². The van der Waals surface area contributed by atoms with Crippen molar-refractivity contribution in [1.82, 2.24) is 5.32 Å². The first kappa shape index (κ1) is 12.7. The Morgan fingerprint density at radius 3 is 2.64 bits per heavy atom. The van der Waals surface area contributed by atoms with Gasteiger partial charge in [0.25, 0.3) is 0 Å². The highest BCUT2D eigenvalue weighted by molar-refractivity contribution is 5.83. The number of rotatable bonds is 6. The number of hydrogen-bond acceptors (Lipinski definition) is 3. The summed E-state index contributed by atoms with van der Waals surface area (Å²) in [5.41, 5.74) is 0. The lowest BCUT2D eigenvalue weighted by molar-refractivity contribution is -0.147. The number of allylic oxidation sites excluding steroid dienone is 1. The molecule has 0 saturated heterocycles. The Kier molecular flexibility index (Phi) is 6.45. The Labute approximate surface area is 84.3 Å². The maximum Gasteiger partial charge on any atom is 0.328 e. The highest BCUT2D eigenvalue weighted by Gasteiger charge is 2.19. The summed E-state index contributed by atoms with van der Waals surface area (Å²) >= 11 is 0. The number of hydrogen-bond donors (Lipinski definition) is 1. The lowest BCUT2D eigenvalue weighted by Gasteiger charge is -2.15. The minimum absolute atomic E-state index is 0.230. The molecule has 0 heterocycles. The molecule has 4 nitrogen and oxygen atoms in total. The Balaban J connectivity index is 4.14. The van der Waals surface area contributed by atoms with Crippen LogP contribution in [-0.2, 0) is 14.3 Å². The molecule has 0 aliphatic rings. The molecule has 0 aliphatic heterocycles. The molecule has 1 amide bonds. The molecule has 0 saturated carbocycles. The van der Waals surface area contributed by atoms with E-state index in [0.29, 0.717) is 19.4 Å². The molecule has 0 spiro atoms. The Morgan fingerprint density at radius 2 is 2.21 bits per heavy atom. The number of carbonyl (C=O) groups is 2. The normalized spacial score (nSPS) is 11.6. The maximum absolute atomic E-state index is 11.3. The van der Waals surface area contributed by atoms with E-state index >= 15 is 0 Å². The fraction of sp³-hybridized carbons (Fsp3) is 0.600. The van der Waals surface area contributed by atoms with Gasteiger partial charge in [0.15, 0.2) is 0 Å². The maximum atomic E-state index is 11.3. The molecular formula is C10H17NO3. The molecular weight excluding hydrogens is 182 g/mol. The van der Waals surface area contributed by atoms with E-state index in [4.69, 9.17) is 4.74 Å². The molecule has 1 N–H and O–H groups in total. The van der Waals surface area contributed by atoms with Gasteiger partial charge in [-0.3, -0.25) is 4.79 Å². The van der Waals surface area contributed by atoms with Crippen LogP contribution in [0.25, 0.3) is 0 Å². The van der Waals surface area contributed by atoms with Gasteiger partial charge in [0.2, 0.25) is 5.91 Å². The average molecular weight is 199 g/mol. The fourth-order valence-corrected chi connectivity index (χ4v) is 1.02. The van der Waals surface area contributed by atoms with Crippen LogP contribution in [0.4, 0.5) is 0 Å². The van der Waals surface area contributed by atoms with E-state index < -0.39 is 6.04 Å². The minimum Gasteiger partial charge on any atom is -0.464 e. The van der Waals surface area contributed by atoms with Crippen LogP contribution in [0, 0.1) is 0 Å². The first-order chi connectivity index (χ1) is 6.61. The van der Waals surface area contributed by atoms with Crippen LogP contribution in [0.2, 0.25) is 0 Å². The zero-order chi connectivity index (χ0) is 11.0. The topological polar surface area (TPSA) is 55.4 Å². The van der Waals surface area contributed by atoms with Crippen LogP contribution in [0.15, 0.2) is 12.7 Å². The predicted molar refractivity (Wildman–Crippen MR) is 53.7 cm³/mol. The van der Waals surface area contributed by atoms with Crippen molar-refractivity contribution >= 4 is 11.9 Å². The second-order valence-corrected chi connectivity index (χ2v) is 2.87. The van der Waals surface area contributed by atoms with E-state index in [1.54, 1.807) is 13.0 Å². The molecule has 0 aromatic heterocycles. The third-order valence-corrected chi connectivity index (χ3v) is 1.61. The van der Waals surface area contributed by atoms with Crippen molar-refractivity contribution in [2.45, 2.75) is 32.7 Å². The second kappa shape index (κ2) is 7.12. The summed E-state index contributed by atoms with van der Waals surface area (Å²) < 4.78 is 4.81. The van der Waals surface area contributed by atoms with Crippen LogP contribution in [0.5, 0.6) is 0 Å². The SMILES string of the molecule is C=CCCC(NC(C)=O)C(=O)OCC. The van der Waals surface area contributed by atoms with Crippen LogP contribution in [0.1, 0.15) is 26.7 Å². The van der Waals surface area contributed by atoms with Crippen molar-refractivity contribution in [2.75, 3.05) is 6.61 Å². The monoisotopic (exact) mass is 199 g/mol. The van der Waals surface area contributed by atoms with Crippen molar-refractivity contribution in [3.05, 3.63) is 12.7 Å². The quantitative estimate of drug-likeness (QED) is 0.513. The van der Waals surface area contributed by atoms with E-state index in [2.05, 4.69) is 11.9 Å². The van der Waals surface area contributed by atoms with Crippen LogP contribution < -0.4 is 5.32 Å². The van der Waals surface area contributed by atoms with Gasteiger partial charge in [-0.15, -0.1) is 6.58 Å². The van der Waals surface area contributed by atoms with Crippen molar-refractivity contribution in [1.29, 1.82) is 0 Å². The number of carbonyl (C=O) groups excluding carboxylic acids is 2. The third kappa shape index (κ3) is 5.35. The first-order valence-corrected chi connectivity index (χ1v) is 4.66. The molecule has 1 unspecified atom stereocenters. The van der Waals surface area contributed by atoms with Gasteiger partial charge in [0.05, 0.1) is 6.61 Å². The van der Waals surface area contributed by atoms with Gasteiger partial charge >= 0.3 is 5.97 Å². The van der Waals surface area contributed by atoms with E-state index in [1.165, 1.54) is 6.92 Å². The van der Waals surface area contributed by atoms with E-state index in [1.807, 2.05) is 0 Å². The van der Waals surface area contributed by atoms with Gasteiger partial charge in [-0.05, 0) is 19.8 Å². The molecule has 0 radical (unpaired) electrons. The highest BCUT2D eigenvalue weighted by atomic mass is 16.5. The summed E-state index contributed by atoms with van der Waals surface area (Å²) in [6.45, 7) is 6.98. The smallest absolute Gasteiger partial charge is 0.328 e. The van der Waals surface area contributed by atoms with Crippen molar-refractivity contribution in [3.63, 3.8) is 0 Å². The summed E-state index contributed by atoms with van der Waals surface area (Å²) in [5, 5.41) is 2.54. The van der Waals surface area contributed by atoms with Crippen LogP contribution in [-0.4, -0.2) is 24.5 Å². The van der Waals surface area contributed by atoms with Crippen molar-refractivity contribution < 1.29 is 14.3 Å². The van der Waals surface area contributed by atoms with E-state index in [-0.39, 0.29) is 11.9 Å². The number of amides is 1. The molecule has 14 heavy (non-hydrogen) atoms. The molecule has 80 valence electrons. The number of esters is 1. The molecule has 0 aliphatic carbocycles. The molecule has 0 fully saturated rings. The zero-order valence-electron chi connectivity index (χ0n) is 8.71. The number of nitrogens with one attached hydrogen (secondary N) is 1. The van der Waals surface area contributed by atoms with Gasteiger partial charge < -0.3 is 10.1 Å². The van der Waals surface area contributed by atoms with Gasteiger partial charge in [-0.1, -0.05) is 6.08 Å². The zero-order valence-corrected chi connectivity index (χ0v) is 8.71. The fourth-order valence-electron chi connectivity index (χ4n) is 1.02. The average Bonchev–Trinajstić information content (AvgIpc) is 2.12. The summed E-state index contributed by atoms with van der Waals surface area (Å²) in [6, 6.07) is -0.551. The third-order valence-electron chi connectivity index (χ3n) is 1.61. The summed E-state index contributed by atoms with van der Waals surface area (Å²) in [6.07, 6.45) is 2.90. The van der Waals surface area contributed by atoms with Crippen molar-refractivity contribution in [2.24, 2.45) is 0 Å². The molecule has 0 aromatic rings. The van der Waals surface area contributed by atoms with E-state index in [9.17, 15) is 9.59 Å². The second-order valence-electron chi connectivity index (χ2n) is 2.87. The number of ether oxygens (including phenoxy) is 1.